The number of nitrogens with zero attached hydrogens (tertiary/aromatic N) is 1. The van der Waals surface area contributed by atoms with E-state index in [1.54, 1.807) is 0 Å². The Bertz CT molecular complexity index is 145. The van der Waals surface area contributed by atoms with Crippen molar-refractivity contribution in [2.45, 2.75) is 58.5 Å². The average molecular weight is 198 g/mol. The molecule has 0 aliphatic carbocycles. The van der Waals surface area contributed by atoms with Crippen LogP contribution in [0.1, 0.15) is 46.5 Å². The molecular weight excluding hydrogens is 172 g/mol. The van der Waals surface area contributed by atoms with Crippen LogP contribution in [0.3, 0.4) is 0 Å². The number of unbranched alkanes of at least 4 members (excludes halogenated alkanes) is 2. The van der Waals surface area contributed by atoms with Crippen LogP contribution in [0.5, 0.6) is 0 Å². The first-order chi connectivity index (χ1) is 6.74. The molecule has 0 aromatic rings. The van der Waals surface area contributed by atoms with E-state index in [4.69, 9.17) is 0 Å². The van der Waals surface area contributed by atoms with Crippen molar-refractivity contribution >= 4 is 0 Å². The van der Waals surface area contributed by atoms with Crippen LogP contribution < -0.4 is 5.32 Å². The van der Waals surface area contributed by atoms with Crippen LogP contribution >= 0.6 is 0 Å². The Hall–Kier alpha value is -0.0800. The molecule has 1 heterocycles. The van der Waals surface area contributed by atoms with Crippen LogP contribution in [0, 0.1) is 0 Å². The van der Waals surface area contributed by atoms with E-state index >= 15 is 0 Å². The van der Waals surface area contributed by atoms with Gasteiger partial charge in [-0.1, -0.05) is 19.8 Å². The van der Waals surface area contributed by atoms with Gasteiger partial charge in [-0.2, -0.15) is 0 Å². The lowest BCUT2D eigenvalue weighted by molar-refractivity contribution is 0.268. The highest BCUT2D eigenvalue weighted by Crippen LogP contribution is 2.12. The molecule has 1 rings (SSSR count). The fourth-order valence-corrected chi connectivity index (χ4v) is 2.10. The third-order valence-electron chi connectivity index (χ3n) is 3.16. The van der Waals surface area contributed by atoms with Crippen LogP contribution in [0.2, 0.25) is 0 Å². The molecule has 0 aromatic carbocycles. The molecule has 1 N–H and O–H groups in total. The van der Waals surface area contributed by atoms with Crippen molar-refractivity contribution in [2.75, 3.05) is 19.6 Å². The van der Waals surface area contributed by atoms with Gasteiger partial charge >= 0.3 is 0 Å². The molecule has 1 atom stereocenters. The van der Waals surface area contributed by atoms with Gasteiger partial charge in [0.15, 0.2) is 0 Å². The molecule has 0 saturated carbocycles. The molecule has 0 spiro atoms. The summed E-state index contributed by atoms with van der Waals surface area (Å²) in [6.07, 6.45) is 5.37. The molecule has 1 saturated heterocycles. The second kappa shape index (κ2) is 6.41. The van der Waals surface area contributed by atoms with Crippen LogP contribution in [-0.2, 0) is 0 Å². The summed E-state index contributed by atoms with van der Waals surface area (Å²) in [5, 5.41) is 3.66. The lowest BCUT2D eigenvalue weighted by atomic mass is 10.2. The highest BCUT2D eigenvalue weighted by Gasteiger charge is 2.22. The largest absolute Gasteiger partial charge is 0.313 e. The van der Waals surface area contributed by atoms with Crippen LogP contribution in [0.15, 0.2) is 0 Å². The van der Waals surface area contributed by atoms with E-state index in [1.807, 2.05) is 0 Å². The molecule has 2 heteroatoms. The number of nitrogens with one attached hydrogen (secondary N) is 1. The Morgan fingerprint density at radius 2 is 2.14 bits per heavy atom. The van der Waals surface area contributed by atoms with Crippen molar-refractivity contribution in [3.8, 4) is 0 Å². The van der Waals surface area contributed by atoms with Gasteiger partial charge in [0.2, 0.25) is 0 Å². The molecule has 2 nitrogen and oxygen atoms in total. The Labute approximate surface area is 89.1 Å². The lowest BCUT2D eigenvalue weighted by Crippen LogP contribution is -2.35. The highest BCUT2D eigenvalue weighted by atomic mass is 15.2. The molecule has 84 valence electrons. The van der Waals surface area contributed by atoms with Gasteiger partial charge < -0.3 is 5.32 Å². The third kappa shape index (κ3) is 3.97. The van der Waals surface area contributed by atoms with E-state index in [2.05, 4.69) is 31.0 Å². The molecule has 1 fully saturated rings. The lowest BCUT2D eigenvalue weighted by Gasteiger charge is -2.20. The van der Waals surface area contributed by atoms with Crippen molar-refractivity contribution in [3.05, 3.63) is 0 Å². The summed E-state index contributed by atoms with van der Waals surface area (Å²) < 4.78 is 0. The zero-order chi connectivity index (χ0) is 10.4. The summed E-state index contributed by atoms with van der Waals surface area (Å²) in [5.41, 5.74) is 0. The highest BCUT2D eigenvalue weighted by molar-refractivity contribution is 4.82. The summed E-state index contributed by atoms with van der Waals surface area (Å²) in [6, 6.07) is 1.48. The zero-order valence-electron chi connectivity index (χ0n) is 10.1. The Kier molecular flexibility index (Phi) is 5.49. The van der Waals surface area contributed by atoms with Gasteiger partial charge in [0.25, 0.3) is 0 Å². The van der Waals surface area contributed by atoms with E-state index < -0.39 is 0 Å². The van der Waals surface area contributed by atoms with Crippen LogP contribution in [-0.4, -0.2) is 36.6 Å². The molecule has 0 aromatic heterocycles. The van der Waals surface area contributed by atoms with Crippen molar-refractivity contribution < 1.29 is 0 Å². The Balaban J connectivity index is 2.04. The van der Waals surface area contributed by atoms with Crippen molar-refractivity contribution in [3.63, 3.8) is 0 Å². The van der Waals surface area contributed by atoms with E-state index in [0.29, 0.717) is 0 Å². The maximum Gasteiger partial charge on any atom is 0.0207 e. The average Bonchev–Trinajstić information content (AvgIpc) is 2.61. The second-order valence-corrected chi connectivity index (χ2v) is 4.74. The topological polar surface area (TPSA) is 15.3 Å². The number of hydrogen-bond donors (Lipinski definition) is 1. The van der Waals surface area contributed by atoms with E-state index in [9.17, 15) is 0 Å². The molecule has 0 radical (unpaired) electrons. The van der Waals surface area contributed by atoms with Crippen molar-refractivity contribution in [1.29, 1.82) is 0 Å². The predicted molar refractivity (Wildman–Crippen MR) is 62.6 cm³/mol. The van der Waals surface area contributed by atoms with E-state index in [0.717, 1.165) is 12.1 Å². The summed E-state index contributed by atoms with van der Waals surface area (Å²) >= 11 is 0. The fraction of sp³-hybridized carbons (Fsp3) is 1.00. The first-order valence-corrected chi connectivity index (χ1v) is 6.21. The van der Waals surface area contributed by atoms with E-state index in [1.165, 1.54) is 45.3 Å². The Morgan fingerprint density at radius 1 is 1.36 bits per heavy atom. The summed E-state index contributed by atoms with van der Waals surface area (Å²) in [4.78, 5) is 2.57. The maximum absolute atomic E-state index is 3.66. The number of rotatable bonds is 6. The minimum absolute atomic E-state index is 0.720. The molecule has 14 heavy (non-hydrogen) atoms. The van der Waals surface area contributed by atoms with Gasteiger partial charge in [-0.05, 0) is 39.8 Å². The smallest absolute Gasteiger partial charge is 0.0207 e. The predicted octanol–water partition coefficient (Wildman–Crippen LogP) is 2.25. The molecule has 1 aliphatic rings. The second-order valence-electron chi connectivity index (χ2n) is 4.74. The molecule has 0 unspecified atom stereocenters. The fourth-order valence-electron chi connectivity index (χ4n) is 2.10. The molecule has 0 bridgehead atoms. The van der Waals surface area contributed by atoms with E-state index in [-0.39, 0.29) is 0 Å². The first-order valence-electron chi connectivity index (χ1n) is 6.21. The summed E-state index contributed by atoms with van der Waals surface area (Å²) in [6.45, 7) is 10.6. The summed E-state index contributed by atoms with van der Waals surface area (Å²) in [7, 11) is 0. The third-order valence-corrected chi connectivity index (χ3v) is 3.16. The summed E-state index contributed by atoms with van der Waals surface area (Å²) in [5.74, 6) is 0. The van der Waals surface area contributed by atoms with Crippen LogP contribution in [0.25, 0.3) is 0 Å². The quantitative estimate of drug-likeness (QED) is 0.659. The number of hydrogen-bond acceptors (Lipinski definition) is 2. The SMILES string of the molecule is CCCCCN[C@@H]1CCN(C(C)C)C1. The monoisotopic (exact) mass is 198 g/mol. The van der Waals surface area contributed by atoms with Gasteiger partial charge in [0.1, 0.15) is 0 Å². The van der Waals surface area contributed by atoms with Gasteiger partial charge in [-0.3, -0.25) is 4.90 Å². The van der Waals surface area contributed by atoms with Gasteiger partial charge in [0.05, 0.1) is 0 Å². The van der Waals surface area contributed by atoms with Gasteiger partial charge in [-0.15, -0.1) is 0 Å². The van der Waals surface area contributed by atoms with Crippen molar-refractivity contribution in [1.82, 2.24) is 10.2 Å². The minimum atomic E-state index is 0.720. The molecular formula is C12H26N2. The van der Waals surface area contributed by atoms with Crippen LogP contribution in [0.4, 0.5) is 0 Å². The molecule has 1 aliphatic heterocycles. The molecule has 0 amide bonds. The number of likely N-dealkylation sites (tertiary alicyclic amines) is 1. The first kappa shape index (κ1) is 12.0. The Morgan fingerprint density at radius 3 is 2.71 bits per heavy atom. The maximum atomic E-state index is 3.66. The minimum Gasteiger partial charge on any atom is -0.313 e. The zero-order valence-corrected chi connectivity index (χ0v) is 10.1. The normalized spacial score (nSPS) is 23.6. The standard InChI is InChI=1S/C12H26N2/c1-4-5-6-8-13-12-7-9-14(10-12)11(2)3/h11-13H,4-10H2,1-3H3/t12-/m1/s1. The van der Waals surface area contributed by atoms with Gasteiger partial charge in [0, 0.05) is 18.6 Å². The van der Waals surface area contributed by atoms with Gasteiger partial charge in [-0.25, -0.2) is 0 Å². The van der Waals surface area contributed by atoms with Crippen molar-refractivity contribution in [2.24, 2.45) is 0 Å².